The number of rotatable bonds is 8. The Bertz CT molecular complexity index is 436. The highest BCUT2D eigenvalue weighted by molar-refractivity contribution is 6.32. The fourth-order valence-corrected chi connectivity index (χ4v) is 1.91. The van der Waals surface area contributed by atoms with E-state index in [1.807, 2.05) is 18.2 Å². The van der Waals surface area contributed by atoms with E-state index >= 15 is 0 Å². The second kappa shape index (κ2) is 8.82. The maximum Gasteiger partial charge on any atom is 0.223 e. The van der Waals surface area contributed by atoms with E-state index in [1.54, 1.807) is 7.05 Å². The molecule has 0 aromatic heterocycles. The molecular formula is C15H23ClN2O2. The van der Waals surface area contributed by atoms with Gasteiger partial charge in [-0.3, -0.25) is 4.79 Å². The van der Waals surface area contributed by atoms with Gasteiger partial charge in [0.2, 0.25) is 5.91 Å². The second-order valence-electron chi connectivity index (χ2n) is 5.06. The zero-order valence-corrected chi connectivity index (χ0v) is 13.1. The smallest absolute Gasteiger partial charge is 0.223 e. The lowest BCUT2D eigenvalue weighted by Gasteiger charge is -2.11. The number of carbonyl (C=O) groups excluding carboxylic acids is 1. The van der Waals surface area contributed by atoms with Crippen LogP contribution in [0.5, 0.6) is 5.75 Å². The van der Waals surface area contributed by atoms with Crippen LogP contribution >= 0.6 is 11.6 Å². The molecular weight excluding hydrogens is 276 g/mol. The van der Waals surface area contributed by atoms with Gasteiger partial charge in [-0.1, -0.05) is 31.5 Å². The summed E-state index contributed by atoms with van der Waals surface area (Å²) in [5.74, 6) is 1.19. The SMILES string of the molecule is CNC(=O)CCOc1ccc(CNCC(C)C)cc1Cl. The van der Waals surface area contributed by atoms with Gasteiger partial charge in [0.15, 0.2) is 0 Å². The second-order valence-corrected chi connectivity index (χ2v) is 5.47. The van der Waals surface area contributed by atoms with Gasteiger partial charge < -0.3 is 15.4 Å². The lowest BCUT2D eigenvalue weighted by atomic mass is 10.2. The summed E-state index contributed by atoms with van der Waals surface area (Å²) >= 11 is 6.17. The molecule has 112 valence electrons. The van der Waals surface area contributed by atoms with E-state index in [1.165, 1.54) is 0 Å². The summed E-state index contributed by atoms with van der Waals surface area (Å²) < 4.78 is 5.49. The molecule has 0 aliphatic rings. The minimum absolute atomic E-state index is 0.0457. The maximum atomic E-state index is 11.1. The predicted molar refractivity (Wildman–Crippen MR) is 82.2 cm³/mol. The fourth-order valence-electron chi connectivity index (χ4n) is 1.66. The summed E-state index contributed by atoms with van der Waals surface area (Å²) in [6.45, 7) is 6.43. The first kappa shape index (κ1) is 16.8. The zero-order chi connectivity index (χ0) is 15.0. The number of hydrogen-bond acceptors (Lipinski definition) is 3. The number of carbonyl (C=O) groups is 1. The molecule has 1 rings (SSSR count). The molecule has 0 unspecified atom stereocenters. The van der Waals surface area contributed by atoms with Crippen LogP contribution in [0.3, 0.4) is 0 Å². The Balaban J connectivity index is 2.44. The van der Waals surface area contributed by atoms with E-state index in [0.717, 1.165) is 18.7 Å². The Morgan fingerprint density at radius 1 is 1.40 bits per heavy atom. The molecule has 1 aromatic rings. The molecule has 20 heavy (non-hydrogen) atoms. The van der Waals surface area contributed by atoms with Gasteiger partial charge in [-0.2, -0.15) is 0 Å². The lowest BCUT2D eigenvalue weighted by Crippen LogP contribution is -2.20. The highest BCUT2D eigenvalue weighted by Crippen LogP contribution is 2.25. The molecule has 4 nitrogen and oxygen atoms in total. The zero-order valence-electron chi connectivity index (χ0n) is 12.3. The fraction of sp³-hybridized carbons (Fsp3) is 0.533. The molecule has 0 aliphatic carbocycles. The normalized spacial score (nSPS) is 10.7. The quantitative estimate of drug-likeness (QED) is 0.775. The van der Waals surface area contributed by atoms with Crippen LogP contribution in [-0.4, -0.2) is 26.1 Å². The molecule has 0 saturated carbocycles. The van der Waals surface area contributed by atoms with Gasteiger partial charge in [-0.15, -0.1) is 0 Å². The Morgan fingerprint density at radius 2 is 2.15 bits per heavy atom. The lowest BCUT2D eigenvalue weighted by molar-refractivity contribution is -0.121. The average molecular weight is 299 g/mol. The third-order valence-corrected chi connectivity index (χ3v) is 3.04. The van der Waals surface area contributed by atoms with Crippen LogP contribution in [0.15, 0.2) is 18.2 Å². The number of amides is 1. The van der Waals surface area contributed by atoms with E-state index in [9.17, 15) is 4.79 Å². The third-order valence-electron chi connectivity index (χ3n) is 2.74. The number of hydrogen-bond donors (Lipinski definition) is 2. The molecule has 0 radical (unpaired) electrons. The summed E-state index contributed by atoms with van der Waals surface area (Å²) in [6, 6.07) is 5.72. The van der Waals surface area contributed by atoms with Crippen molar-refractivity contribution in [1.29, 1.82) is 0 Å². The Kier molecular flexibility index (Phi) is 7.41. The Labute approximate surface area is 125 Å². The molecule has 5 heteroatoms. The summed E-state index contributed by atoms with van der Waals surface area (Å²) in [7, 11) is 1.61. The number of nitrogens with one attached hydrogen (secondary N) is 2. The first-order valence-corrected chi connectivity index (χ1v) is 7.23. The van der Waals surface area contributed by atoms with Crippen molar-refractivity contribution in [2.45, 2.75) is 26.8 Å². The largest absolute Gasteiger partial charge is 0.491 e. The van der Waals surface area contributed by atoms with E-state index < -0.39 is 0 Å². The van der Waals surface area contributed by atoms with Gasteiger partial charge in [0.1, 0.15) is 5.75 Å². The minimum Gasteiger partial charge on any atom is -0.491 e. The number of ether oxygens (including phenoxy) is 1. The van der Waals surface area contributed by atoms with Crippen LogP contribution in [0.2, 0.25) is 5.02 Å². The van der Waals surface area contributed by atoms with Crippen molar-refractivity contribution in [3.8, 4) is 5.75 Å². The standard InChI is InChI=1S/C15H23ClN2O2/c1-11(2)9-18-10-12-4-5-14(13(16)8-12)20-7-6-15(19)17-3/h4-5,8,11,18H,6-7,9-10H2,1-3H3,(H,17,19). The average Bonchev–Trinajstić information content (AvgIpc) is 2.40. The summed E-state index contributed by atoms with van der Waals surface area (Å²) in [5, 5.41) is 6.48. The van der Waals surface area contributed by atoms with E-state index in [-0.39, 0.29) is 5.91 Å². The molecule has 0 heterocycles. The van der Waals surface area contributed by atoms with Gasteiger partial charge in [0, 0.05) is 13.6 Å². The Hall–Kier alpha value is -1.26. The van der Waals surface area contributed by atoms with Crippen molar-refractivity contribution in [3.05, 3.63) is 28.8 Å². The summed E-state index contributed by atoms with van der Waals surface area (Å²) in [4.78, 5) is 11.1. The third kappa shape index (κ3) is 6.26. The molecule has 0 saturated heterocycles. The number of benzene rings is 1. The van der Waals surface area contributed by atoms with Gasteiger partial charge in [0.25, 0.3) is 0 Å². The molecule has 0 bridgehead atoms. The highest BCUT2D eigenvalue weighted by atomic mass is 35.5. The van der Waals surface area contributed by atoms with Crippen molar-refractivity contribution in [2.75, 3.05) is 20.2 Å². The van der Waals surface area contributed by atoms with E-state index in [0.29, 0.717) is 29.7 Å². The van der Waals surface area contributed by atoms with Crippen LogP contribution in [0.25, 0.3) is 0 Å². The number of halogens is 1. The van der Waals surface area contributed by atoms with Crippen molar-refractivity contribution >= 4 is 17.5 Å². The molecule has 0 fully saturated rings. The highest BCUT2D eigenvalue weighted by Gasteiger charge is 2.05. The first-order valence-electron chi connectivity index (χ1n) is 6.85. The van der Waals surface area contributed by atoms with Crippen LogP contribution < -0.4 is 15.4 Å². The van der Waals surface area contributed by atoms with Gasteiger partial charge in [-0.25, -0.2) is 0 Å². The molecule has 1 aromatic carbocycles. The molecule has 2 N–H and O–H groups in total. The van der Waals surface area contributed by atoms with Crippen LogP contribution in [0.1, 0.15) is 25.8 Å². The topological polar surface area (TPSA) is 50.4 Å². The van der Waals surface area contributed by atoms with Crippen molar-refractivity contribution < 1.29 is 9.53 Å². The minimum atomic E-state index is -0.0457. The van der Waals surface area contributed by atoms with Crippen LogP contribution in [-0.2, 0) is 11.3 Å². The molecule has 0 aliphatic heterocycles. The maximum absolute atomic E-state index is 11.1. The van der Waals surface area contributed by atoms with Gasteiger partial charge in [0.05, 0.1) is 18.1 Å². The molecule has 1 amide bonds. The van der Waals surface area contributed by atoms with Crippen molar-refractivity contribution in [3.63, 3.8) is 0 Å². The molecule has 0 spiro atoms. The van der Waals surface area contributed by atoms with Crippen molar-refractivity contribution in [1.82, 2.24) is 10.6 Å². The van der Waals surface area contributed by atoms with Crippen LogP contribution in [0.4, 0.5) is 0 Å². The van der Waals surface area contributed by atoms with Crippen molar-refractivity contribution in [2.24, 2.45) is 5.92 Å². The summed E-state index contributed by atoms with van der Waals surface area (Å²) in [5.41, 5.74) is 1.12. The van der Waals surface area contributed by atoms with E-state index in [2.05, 4.69) is 24.5 Å². The van der Waals surface area contributed by atoms with Crippen LogP contribution in [0, 0.1) is 5.92 Å². The van der Waals surface area contributed by atoms with Gasteiger partial charge >= 0.3 is 0 Å². The first-order chi connectivity index (χ1) is 9.52. The van der Waals surface area contributed by atoms with Gasteiger partial charge in [-0.05, 0) is 30.2 Å². The monoisotopic (exact) mass is 298 g/mol. The molecule has 0 atom stereocenters. The van der Waals surface area contributed by atoms with E-state index in [4.69, 9.17) is 16.3 Å². The summed E-state index contributed by atoms with van der Waals surface area (Å²) in [6.07, 6.45) is 0.324. The predicted octanol–water partition coefficient (Wildman–Crippen LogP) is 2.60. The Morgan fingerprint density at radius 3 is 2.75 bits per heavy atom.